The Labute approximate surface area is 141 Å². The second-order valence-electron chi connectivity index (χ2n) is 5.76. The third-order valence-electron chi connectivity index (χ3n) is 4.09. The maximum absolute atomic E-state index is 12.4. The molecule has 1 amide bonds. The van der Waals surface area contributed by atoms with Gasteiger partial charge in [-0.25, -0.2) is 0 Å². The second kappa shape index (κ2) is 7.73. The van der Waals surface area contributed by atoms with E-state index in [1.807, 2.05) is 31.2 Å². The number of nitrogens with one attached hydrogen (secondary N) is 1. The summed E-state index contributed by atoms with van der Waals surface area (Å²) >= 11 is 1.74. The van der Waals surface area contributed by atoms with E-state index in [1.54, 1.807) is 11.3 Å². The molecular formula is C18H22N2O2S. The van der Waals surface area contributed by atoms with Crippen molar-refractivity contribution in [3.8, 4) is 0 Å². The molecule has 0 spiro atoms. The molecule has 5 heteroatoms. The summed E-state index contributed by atoms with van der Waals surface area (Å²) in [4.78, 5) is 16.1. The van der Waals surface area contributed by atoms with Gasteiger partial charge in [0.2, 0.25) is 0 Å². The molecule has 122 valence electrons. The number of nitrogens with zero attached hydrogens (tertiary/aromatic N) is 1. The van der Waals surface area contributed by atoms with E-state index in [2.05, 4.69) is 27.7 Å². The van der Waals surface area contributed by atoms with Crippen molar-refractivity contribution in [1.29, 1.82) is 0 Å². The van der Waals surface area contributed by atoms with Gasteiger partial charge >= 0.3 is 0 Å². The molecule has 0 saturated carbocycles. The van der Waals surface area contributed by atoms with E-state index in [0.29, 0.717) is 6.54 Å². The van der Waals surface area contributed by atoms with Gasteiger partial charge in [-0.1, -0.05) is 23.8 Å². The van der Waals surface area contributed by atoms with Crippen LogP contribution in [0.3, 0.4) is 0 Å². The number of benzene rings is 1. The van der Waals surface area contributed by atoms with E-state index < -0.39 is 0 Å². The van der Waals surface area contributed by atoms with Gasteiger partial charge in [-0.3, -0.25) is 9.69 Å². The molecule has 1 aromatic carbocycles. The van der Waals surface area contributed by atoms with Gasteiger partial charge in [0.15, 0.2) is 0 Å². The van der Waals surface area contributed by atoms with Crippen LogP contribution >= 0.6 is 11.3 Å². The Hall–Kier alpha value is -1.69. The number of ether oxygens (including phenoxy) is 1. The fourth-order valence-corrected chi connectivity index (χ4v) is 3.72. The lowest BCUT2D eigenvalue weighted by molar-refractivity contribution is 0.0169. The van der Waals surface area contributed by atoms with Crippen LogP contribution in [0.1, 0.15) is 26.8 Å². The number of carbonyl (C=O) groups excluding carboxylic acids is 1. The SMILES string of the molecule is Cc1cccc(C(=O)NC[C@@H](c2cccs2)N2CCOCC2)c1. The summed E-state index contributed by atoms with van der Waals surface area (Å²) in [6, 6.07) is 12.1. The molecule has 1 N–H and O–H groups in total. The van der Waals surface area contributed by atoms with Crippen LogP contribution in [0.4, 0.5) is 0 Å². The van der Waals surface area contributed by atoms with Gasteiger partial charge < -0.3 is 10.1 Å². The molecule has 4 nitrogen and oxygen atoms in total. The van der Waals surface area contributed by atoms with Crippen molar-refractivity contribution in [2.24, 2.45) is 0 Å². The molecule has 0 radical (unpaired) electrons. The third-order valence-corrected chi connectivity index (χ3v) is 5.07. The molecule has 1 aromatic heterocycles. The Bertz CT molecular complexity index is 636. The highest BCUT2D eigenvalue weighted by Crippen LogP contribution is 2.25. The zero-order valence-electron chi connectivity index (χ0n) is 13.3. The summed E-state index contributed by atoms with van der Waals surface area (Å²) in [5.74, 6) is -0.0106. The second-order valence-corrected chi connectivity index (χ2v) is 6.74. The highest BCUT2D eigenvalue weighted by atomic mass is 32.1. The lowest BCUT2D eigenvalue weighted by Gasteiger charge is -2.34. The number of carbonyl (C=O) groups is 1. The monoisotopic (exact) mass is 330 g/mol. The van der Waals surface area contributed by atoms with E-state index in [-0.39, 0.29) is 11.9 Å². The Morgan fingerprint density at radius 1 is 1.30 bits per heavy atom. The lowest BCUT2D eigenvalue weighted by atomic mass is 10.1. The van der Waals surface area contributed by atoms with Crippen molar-refractivity contribution in [2.45, 2.75) is 13.0 Å². The van der Waals surface area contributed by atoms with Crippen molar-refractivity contribution in [1.82, 2.24) is 10.2 Å². The van der Waals surface area contributed by atoms with Crippen molar-refractivity contribution < 1.29 is 9.53 Å². The fraction of sp³-hybridized carbons (Fsp3) is 0.389. The van der Waals surface area contributed by atoms with E-state index in [1.165, 1.54) is 4.88 Å². The van der Waals surface area contributed by atoms with Crippen LogP contribution in [0, 0.1) is 6.92 Å². The van der Waals surface area contributed by atoms with Crippen molar-refractivity contribution >= 4 is 17.2 Å². The largest absolute Gasteiger partial charge is 0.379 e. The Morgan fingerprint density at radius 3 is 2.83 bits per heavy atom. The normalized spacial score (nSPS) is 16.9. The van der Waals surface area contributed by atoms with E-state index in [4.69, 9.17) is 4.74 Å². The molecule has 1 saturated heterocycles. The van der Waals surface area contributed by atoms with Gasteiger partial charge in [0.25, 0.3) is 5.91 Å². The van der Waals surface area contributed by atoms with Crippen molar-refractivity contribution in [3.63, 3.8) is 0 Å². The average molecular weight is 330 g/mol. The van der Waals surface area contributed by atoms with Crippen molar-refractivity contribution in [2.75, 3.05) is 32.8 Å². The topological polar surface area (TPSA) is 41.6 Å². The van der Waals surface area contributed by atoms with E-state index >= 15 is 0 Å². The molecule has 1 fully saturated rings. The van der Waals surface area contributed by atoms with Gasteiger partial charge in [0.1, 0.15) is 0 Å². The number of thiophene rings is 1. The standard InChI is InChI=1S/C18H22N2O2S/c1-14-4-2-5-15(12-14)18(21)19-13-16(17-6-3-11-23-17)20-7-9-22-10-8-20/h2-6,11-12,16H,7-10,13H2,1H3,(H,19,21)/t16-/m0/s1. The number of hydrogen-bond donors (Lipinski definition) is 1. The zero-order chi connectivity index (χ0) is 16.1. The van der Waals surface area contributed by atoms with Crippen molar-refractivity contribution in [3.05, 3.63) is 57.8 Å². The minimum atomic E-state index is -0.0106. The molecule has 1 aliphatic heterocycles. The molecule has 0 unspecified atom stereocenters. The summed E-state index contributed by atoms with van der Waals surface area (Å²) < 4.78 is 5.45. The van der Waals surface area contributed by atoms with Gasteiger partial charge in [-0.15, -0.1) is 11.3 Å². The summed E-state index contributed by atoms with van der Waals surface area (Å²) in [7, 11) is 0. The summed E-state index contributed by atoms with van der Waals surface area (Å²) in [6.45, 7) is 5.94. The summed E-state index contributed by atoms with van der Waals surface area (Å²) in [5.41, 5.74) is 1.82. The van der Waals surface area contributed by atoms with E-state index in [0.717, 1.165) is 37.4 Å². The minimum Gasteiger partial charge on any atom is -0.379 e. The first-order chi connectivity index (χ1) is 11.2. The predicted octanol–water partition coefficient (Wildman–Crippen LogP) is 2.86. The average Bonchev–Trinajstić information content (AvgIpc) is 3.10. The number of rotatable bonds is 5. The van der Waals surface area contributed by atoms with Gasteiger partial charge in [-0.2, -0.15) is 0 Å². The van der Waals surface area contributed by atoms with Crippen LogP contribution in [-0.2, 0) is 4.74 Å². The van der Waals surface area contributed by atoms with E-state index in [9.17, 15) is 4.79 Å². The highest BCUT2D eigenvalue weighted by Gasteiger charge is 2.24. The highest BCUT2D eigenvalue weighted by molar-refractivity contribution is 7.10. The van der Waals surface area contributed by atoms with Gasteiger partial charge in [0, 0.05) is 30.1 Å². The van der Waals surface area contributed by atoms with Crippen LogP contribution in [0.25, 0.3) is 0 Å². The van der Waals surface area contributed by atoms with Crippen LogP contribution in [-0.4, -0.2) is 43.7 Å². The Balaban J connectivity index is 1.67. The summed E-state index contributed by atoms with van der Waals surface area (Å²) in [5, 5.41) is 5.19. The molecule has 2 aromatic rings. The van der Waals surface area contributed by atoms with Gasteiger partial charge in [-0.05, 0) is 30.5 Å². The molecule has 1 atom stereocenters. The number of amides is 1. The molecule has 0 bridgehead atoms. The zero-order valence-corrected chi connectivity index (χ0v) is 14.1. The first kappa shape index (κ1) is 16.2. The molecular weight excluding hydrogens is 308 g/mol. The number of aryl methyl sites for hydroxylation is 1. The smallest absolute Gasteiger partial charge is 0.251 e. The predicted molar refractivity (Wildman–Crippen MR) is 93.0 cm³/mol. The maximum atomic E-state index is 12.4. The first-order valence-electron chi connectivity index (χ1n) is 7.94. The Kier molecular flexibility index (Phi) is 5.43. The molecule has 2 heterocycles. The van der Waals surface area contributed by atoms with Crippen LogP contribution in [0.2, 0.25) is 0 Å². The first-order valence-corrected chi connectivity index (χ1v) is 8.82. The third kappa shape index (κ3) is 4.19. The lowest BCUT2D eigenvalue weighted by Crippen LogP contribution is -2.43. The molecule has 1 aliphatic rings. The number of hydrogen-bond acceptors (Lipinski definition) is 4. The molecule has 3 rings (SSSR count). The maximum Gasteiger partial charge on any atom is 0.251 e. The van der Waals surface area contributed by atoms with Gasteiger partial charge in [0.05, 0.1) is 19.3 Å². The van der Waals surface area contributed by atoms with Crippen LogP contribution < -0.4 is 5.32 Å². The fourth-order valence-electron chi connectivity index (χ4n) is 2.86. The molecule has 23 heavy (non-hydrogen) atoms. The van der Waals surface area contributed by atoms with Crippen LogP contribution in [0.5, 0.6) is 0 Å². The van der Waals surface area contributed by atoms with Crippen LogP contribution in [0.15, 0.2) is 41.8 Å². The molecule has 0 aliphatic carbocycles. The number of morpholine rings is 1. The summed E-state index contributed by atoms with van der Waals surface area (Å²) in [6.07, 6.45) is 0. The minimum absolute atomic E-state index is 0.0106. The quantitative estimate of drug-likeness (QED) is 0.916. The Morgan fingerprint density at radius 2 is 2.13 bits per heavy atom.